The number of hydrogen-bond donors (Lipinski definition) is 1. The standard InChI is InChI=1S/C21H25N3O3S/c1-13-17(14(2)23-21(22-13)28-3)11-12-18(25)27-19(15-7-5-4-6-8-15)20(26)24-16-9-10-16/h4-8,16,19H,9-12H2,1-3H3,(H,24,26). The third-order valence-electron chi connectivity index (χ3n) is 4.68. The Labute approximate surface area is 169 Å². The first kappa shape index (κ1) is 20.3. The molecule has 1 heterocycles. The van der Waals surface area contributed by atoms with Gasteiger partial charge < -0.3 is 10.1 Å². The van der Waals surface area contributed by atoms with E-state index in [1.54, 1.807) is 12.1 Å². The molecule has 0 radical (unpaired) electrons. The van der Waals surface area contributed by atoms with Crippen LogP contribution in [-0.2, 0) is 20.7 Å². The fourth-order valence-electron chi connectivity index (χ4n) is 2.98. The van der Waals surface area contributed by atoms with Gasteiger partial charge in [-0.15, -0.1) is 0 Å². The number of hydrogen-bond acceptors (Lipinski definition) is 6. The summed E-state index contributed by atoms with van der Waals surface area (Å²) in [6, 6.07) is 9.33. The lowest BCUT2D eigenvalue weighted by atomic mass is 10.1. The molecule has 1 N–H and O–H groups in total. The van der Waals surface area contributed by atoms with Crippen molar-refractivity contribution in [2.45, 2.75) is 56.8 Å². The number of aromatic nitrogens is 2. The second-order valence-corrected chi connectivity index (χ2v) is 7.70. The van der Waals surface area contributed by atoms with E-state index in [1.807, 2.05) is 38.3 Å². The van der Waals surface area contributed by atoms with Gasteiger partial charge in [0.2, 0.25) is 6.10 Å². The van der Waals surface area contributed by atoms with Crippen molar-refractivity contribution >= 4 is 23.6 Å². The highest BCUT2D eigenvalue weighted by atomic mass is 32.2. The number of aryl methyl sites for hydroxylation is 2. The van der Waals surface area contributed by atoms with Crippen LogP contribution in [0.5, 0.6) is 0 Å². The summed E-state index contributed by atoms with van der Waals surface area (Å²) in [5, 5.41) is 3.65. The second kappa shape index (κ2) is 9.19. The van der Waals surface area contributed by atoms with E-state index in [1.165, 1.54) is 11.8 Å². The number of benzene rings is 1. The van der Waals surface area contributed by atoms with Crippen molar-refractivity contribution < 1.29 is 14.3 Å². The van der Waals surface area contributed by atoms with Gasteiger partial charge in [0.1, 0.15) is 0 Å². The van der Waals surface area contributed by atoms with Crippen LogP contribution in [0.1, 0.15) is 47.9 Å². The van der Waals surface area contributed by atoms with Crippen LogP contribution in [0.2, 0.25) is 0 Å². The monoisotopic (exact) mass is 399 g/mol. The molecule has 148 valence electrons. The van der Waals surface area contributed by atoms with E-state index >= 15 is 0 Å². The predicted octanol–water partition coefficient (Wildman–Crippen LogP) is 3.31. The highest BCUT2D eigenvalue weighted by Crippen LogP contribution is 2.24. The van der Waals surface area contributed by atoms with Crippen molar-refractivity contribution in [1.29, 1.82) is 0 Å². The van der Waals surface area contributed by atoms with E-state index in [4.69, 9.17) is 4.74 Å². The summed E-state index contributed by atoms with van der Waals surface area (Å²) in [5.74, 6) is -0.672. The maximum absolute atomic E-state index is 12.6. The quantitative estimate of drug-likeness (QED) is 0.417. The van der Waals surface area contributed by atoms with Crippen LogP contribution in [0.3, 0.4) is 0 Å². The summed E-state index contributed by atoms with van der Waals surface area (Å²) in [5.41, 5.74) is 3.37. The molecule has 1 aromatic heterocycles. The zero-order chi connectivity index (χ0) is 20.1. The Hall–Kier alpha value is -2.41. The topological polar surface area (TPSA) is 81.2 Å². The fourth-order valence-corrected chi connectivity index (χ4v) is 3.44. The normalized spacial score (nSPS) is 14.4. The molecule has 1 atom stereocenters. The predicted molar refractivity (Wildman–Crippen MR) is 108 cm³/mol. The minimum absolute atomic E-state index is 0.170. The second-order valence-electron chi connectivity index (χ2n) is 6.92. The first-order chi connectivity index (χ1) is 13.5. The molecule has 3 rings (SSSR count). The Morgan fingerprint density at radius 1 is 1.18 bits per heavy atom. The number of nitrogens with one attached hydrogen (secondary N) is 1. The fraction of sp³-hybridized carbons (Fsp3) is 0.429. The van der Waals surface area contributed by atoms with E-state index < -0.39 is 12.1 Å². The van der Waals surface area contributed by atoms with Crippen molar-refractivity contribution in [2.75, 3.05) is 6.26 Å². The van der Waals surface area contributed by atoms with Gasteiger partial charge in [-0.25, -0.2) is 9.97 Å². The number of thioether (sulfide) groups is 1. The molecule has 0 bridgehead atoms. The smallest absolute Gasteiger partial charge is 0.307 e. The average Bonchev–Trinajstić information content (AvgIpc) is 3.49. The molecule has 1 aliphatic carbocycles. The van der Waals surface area contributed by atoms with Gasteiger partial charge in [-0.2, -0.15) is 0 Å². The third kappa shape index (κ3) is 5.32. The maximum atomic E-state index is 12.6. The van der Waals surface area contributed by atoms with Crippen LogP contribution in [-0.4, -0.2) is 34.1 Å². The van der Waals surface area contributed by atoms with Crippen LogP contribution in [0.4, 0.5) is 0 Å². The van der Waals surface area contributed by atoms with E-state index in [2.05, 4.69) is 15.3 Å². The summed E-state index contributed by atoms with van der Waals surface area (Å²) in [4.78, 5) is 34.0. The molecule has 1 fully saturated rings. The highest BCUT2D eigenvalue weighted by Gasteiger charge is 2.30. The van der Waals surface area contributed by atoms with E-state index in [9.17, 15) is 9.59 Å². The Bertz CT molecular complexity index is 830. The molecule has 1 aromatic carbocycles. The summed E-state index contributed by atoms with van der Waals surface area (Å²) in [6.07, 6.45) is 3.62. The Kier molecular flexibility index (Phi) is 6.67. The minimum atomic E-state index is -0.924. The lowest BCUT2D eigenvalue weighted by molar-refractivity contribution is -0.156. The van der Waals surface area contributed by atoms with Crippen molar-refractivity contribution in [3.05, 3.63) is 52.8 Å². The molecule has 28 heavy (non-hydrogen) atoms. The van der Waals surface area contributed by atoms with Gasteiger partial charge in [0.15, 0.2) is 5.16 Å². The van der Waals surface area contributed by atoms with E-state index in [-0.39, 0.29) is 18.4 Å². The first-order valence-electron chi connectivity index (χ1n) is 9.41. The molecule has 1 aliphatic rings. The van der Waals surface area contributed by atoms with Crippen LogP contribution in [0.15, 0.2) is 35.5 Å². The summed E-state index contributed by atoms with van der Waals surface area (Å²) >= 11 is 1.49. The van der Waals surface area contributed by atoms with Crippen LogP contribution in [0.25, 0.3) is 0 Å². The lowest BCUT2D eigenvalue weighted by Crippen LogP contribution is -2.33. The number of esters is 1. The molecule has 0 spiro atoms. The molecule has 1 saturated carbocycles. The van der Waals surface area contributed by atoms with Crippen molar-refractivity contribution in [2.24, 2.45) is 0 Å². The van der Waals surface area contributed by atoms with Gasteiger partial charge in [0, 0.05) is 29.4 Å². The molecular formula is C21H25N3O3S. The number of rotatable bonds is 8. The van der Waals surface area contributed by atoms with Crippen LogP contribution in [0, 0.1) is 13.8 Å². The Balaban J connectivity index is 1.66. The van der Waals surface area contributed by atoms with Gasteiger partial charge in [-0.05, 0) is 44.9 Å². The number of amides is 1. The van der Waals surface area contributed by atoms with Crippen LogP contribution >= 0.6 is 11.8 Å². The molecule has 2 aromatic rings. The molecule has 1 unspecified atom stereocenters. The Morgan fingerprint density at radius 2 is 1.82 bits per heavy atom. The van der Waals surface area contributed by atoms with Crippen molar-refractivity contribution in [3.63, 3.8) is 0 Å². The van der Waals surface area contributed by atoms with Gasteiger partial charge >= 0.3 is 5.97 Å². The molecule has 0 aliphatic heterocycles. The number of carbonyl (C=O) groups excluding carboxylic acids is 2. The lowest BCUT2D eigenvalue weighted by Gasteiger charge is -2.18. The van der Waals surface area contributed by atoms with Gasteiger partial charge in [0.25, 0.3) is 5.91 Å². The average molecular weight is 400 g/mol. The molecule has 6 nitrogen and oxygen atoms in total. The maximum Gasteiger partial charge on any atom is 0.307 e. The number of nitrogens with zero attached hydrogens (tertiary/aromatic N) is 2. The molecular weight excluding hydrogens is 374 g/mol. The van der Waals surface area contributed by atoms with Crippen molar-refractivity contribution in [3.8, 4) is 0 Å². The number of carbonyl (C=O) groups is 2. The van der Waals surface area contributed by atoms with Gasteiger partial charge in [-0.3, -0.25) is 9.59 Å². The molecule has 1 amide bonds. The third-order valence-corrected chi connectivity index (χ3v) is 5.22. The SMILES string of the molecule is CSc1nc(C)c(CCC(=O)OC(C(=O)NC2CC2)c2ccccc2)c(C)n1. The first-order valence-corrected chi connectivity index (χ1v) is 10.6. The Morgan fingerprint density at radius 3 is 2.39 bits per heavy atom. The largest absolute Gasteiger partial charge is 0.447 e. The molecule has 7 heteroatoms. The summed E-state index contributed by atoms with van der Waals surface area (Å²) in [7, 11) is 0. The summed E-state index contributed by atoms with van der Waals surface area (Å²) < 4.78 is 5.58. The highest BCUT2D eigenvalue weighted by molar-refractivity contribution is 7.98. The zero-order valence-electron chi connectivity index (χ0n) is 16.4. The number of ether oxygens (including phenoxy) is 1. The van der Waals surface area contributed by atoms with Gasteiger partial charge in [-0.1, -0.05) is 42.1 Å². The van der Waals surface area contributed by atoms with Gasteiger partial charge in [0.05, 0.1) is 0 Å². The molecule has 0 saturated heterocycles. The van der Waals surface area contributed by atoms with E-state index in [0.29, 0.717) is 12.0 Å². The van der Waals surface area contributed by atoms with E-state index in [0.717, 1.165) is 34.9 Å². The zero-order valence-corrected chi connectivity index (χ0v) is 17.2. The minimum Gasteiger partial charge on any atom is -0.447 e. The van der Waals surface area contributed by atoms with Crippen LogP contribution < -0.4 is 5.32 Å². The summed E-state index contributed by atoms with van der Waals surface area (Å²) in [6.45, 7) is 3.84. The van der Waals surface area contributed by atoms with Crippen molar-refractivity contribution in [1.82, 2.24) is 15.3 Å².